The number of carbonyl (C=O) groups excluding carboxylic acids is 2. The van der Waals surface area contributed by atoms with Gasteiger partial charge in [0.15, 0.2) is 11.7 Å². The summed E-state index contributed by atoms with van der Waals surface area (Å²) < 4.78 is 5.32. The Bertz CT molecular complexity index is 986. The van der Waals surface area contributed by atoms with E-state index in [4.69, 9.17) is 40.2 Å². The maximum atomic E-state index is 12.1. The van der Waals surface area contributed by atoms with E-state index in [1.165, 1.54) is 12.1 Å². The summed E-state index contributed by atoms with van der Waals surface area (Å²) in [6, 6.07) is 8.48. The normalized spacial score (nSPS) is 10.0. The number of carbonyl (C=O) groups is 2. The first-order chi connectivity index (χ1) is 13.7. The molecule has 9 nitrogen and oxygen atoms in total. The maximum absolute atomic E-state index is 12.1. The van der Waals surface area contributed by atoms with Crippen LogP contribution in [-0.2, 0) is 4.79 Å². The summed E-state index contributed by atoms with van der Waals surface area (Å²) in [6.07, 6.45) is 0. The first-order valence-corrected chi connectivity index (χ1v) is 9.07. The van der Waals surface area contributed by atoms with Gasteiger partial charge in [-0.15, -0.1) is 0 Å². The highest BCUT2D eigenvalue weighted by Crippen LogP contribution is 2.25. The van der Waals surface area contributed by atoms with Crippen molar-refractivity contribution in [3.8, 4) is 5.75 Å². The highest BCUT2D eigenvalue weighted by atomic mass is 35.5. The lowest BCUT2D eigenvalue weighted by atomic mass is 10.2. The molecule has 0 aliphatic heterocycles. The Labute approximate surface area is 180 Å². The summed E-state index contributed by atoms with van der Waals surface area (Å²) in [6.45, 7) is 1.49. The molecule has 0 fully saturated rings. The highest BCUT2D eigenvalue weighted by molar-refractivity contribution is 7.80. The van der Waals surface area contributed by atoms with Crippen molar-refractivity contribution in [2.45, 2.75) is 6.92 Å². The van der Waals surface area contributed by atoms with Crippen molar-refractivity contribution in [2.75, 3.05) is 6.61 Å². The number of hydrazine groups is 1. The minimum Gasteiger partial charge on any atom is -0.484 e. The molecular formula is C17H14Cl2N4O5S. The number of nitro groups is 1. The van der Waals surface area contributed by atoms with Gasteiger partial charge in [0.1, 0.15) is 10.8 Å². The summed E-state index contributed by atoms with van der Waals surface area (Å²) in [7, 11) is 0. The molecule has 0 atom stereocenters. The number of nitrogens with one attached hydrogen (secondary N) is 3. The molecule has 2 aromatic rings. The van der Waals surface area contributed by atoms with Gasteiger partial charge < -0.3 is 4.74 Å². The standard InChI is InChI=1S/C17H14Cl2N4O5S/c1-9-6-11(3-5-12(9)18)28-8-15(24)21-22-17(29)20-16(25)10-2-4-13(19)14(7-10)23(26)27/h2-7H,8H2,1H3,(H,21,24)(H2,20,22,25,29). The minimum atomic E-state index is -0.718. The average Bonchev–Trinajstić information content (AvgIpc) is 2.67. The van der Waals surface area contributed by atoms with E-state index in [0.29, 0.717) is 10.8 Å². The van der Waals surface area contributed by atoms with Crippen LogP contribution < -0.4 is 20.9 Å². The molecule has 0 unspecified atom stereocenters. The van der Waals surface area contributed by atoms with Crippen molar-refractivity contribution in [1.29, 1.82) is 0 Å². The van der Waals surface area contributed by atoms with Crippen LogP contribution in [0.5, 0.6) is 5.75 Å². The molecule has 2 amide bonds. The molecule has 0 saturated carbocycles. The Balaban J connectivity index is 1.82. The van der Waals surface area contributed by atoms with Gasteiger partial charge in [-0.05, 0) is 55.0 Å². The molecule has 0 aromatic heterocycles. The van der Waals surface area contributed by atoms with Crippen LogP contribution in [0, 0.1) is 17.0 Å². The average molecular weight is 457 g/mol. The maximum Gasteiger partial charge on any atom is 0.288 e. The lowest BCUT2D eigenvalue weighted by Crippen LogP contribution is -2.49. The number of amides is 2. The van der Waals surface area contributed by atoms with Crippen molar-refractivity contribution in [3.63, 3.8) is 0 Å². The number of hydrogen-bond acceptors (Lipinski definition) is 6. The summed E-state index contributed by atoms with van der Waals surface area (Å²) >= 11 is 16.5. The Hall–Kier alpha value is -2.95. The van der Waals surface area contributed by atoms with Gasteiger partial charge in [-0.25, -0.2) is 0 Å². The summed E-state index contributed by atoms with van der Waals surface area (Å²) in [5.41, 5.74) is 4.93. The van der Waals surface area contributed by atoms with Crippen molar-refractivity contribution < 1.29 is 19.2 Å². The smallest absolute Gasteiger partial charge is 0.288 e. The number of thiocarbonyl (C=S) groups is 1. The van der Waals surface area contributed by atoms with Crippen LogP contribution in [0.1, 0.15) is 15.9 Å². The van der Waals surface area contributed by atoms with Gasteiger partial charge in [-0.2, -0.15) is 0 Å². The van der Waals surface area contributed by atoms with Crippen molar-refractivity contribution in [1.82, 2.24) is 16.2 Å². The molecule has 3 N–H and O–H groups in total. The van der Waals surface area contributed by atoms with Crippen LogP contribution in [-0.4, -0.2) is 28.5 Å². The van der Waals surface area contributed by atoms with Crippen molar-refractivity contribution in [3.05, 3.63) is 67.7 Å². The van der Waals surface area contributed by atoms with Gasteiger partial charge in [0.05, 0.1) is 4.92 Å². The fraction of sp³-hybridized carbons (Fsp3) is 0.118. The van der Waals surface area contributed by atoms with Gasteiger partial charge in [-0.3, -0.25) is 35.9 Å². The molecule has 0 heterocycles. The minimum absolute atomic E-state index is 0.0296. The summed E-state index contributed by atoms with van der Waals surface area (Å²) in [5, 5.41) is 13.4. The molecule has 29 heavy (non-hydrogen) atoms. The second-order valence-corrected chi connectivity index (χ2v) is 6.80. The highest BCUT2D eigenvalue weighted by Gasteiger charge is 2.17. The number of rotatable bonds is 5. The Morgan fingerprint density at radius 2 is 1.83 bits per heavy atom. The molecule has 0 saturated heterocycles. The Morgan fingerprint density at radius 1 is 1.14 bits per heavy atom. The molecule has 0 spiro atoms. The van der Waals surface area contributed by atoms with Crippen LogP contribution in [0.2, 0.25) is 10.0 Å². The Morgan fingerprint density at radius 3 is 2.48 bits per heavy atom. The number of benzene rings is 2. The van der Waals surface area contributed by atoms with E-state index >= 15 is 0 Å². The lowest BCUT2D eigenvalue weighted by Gasteiger charge is -2.12. The van der Waals surface area contributed by atoms with Crippen LogP contribution in [0.4, 0.5) is 5.69 Å². The summed E-state index contributed by atoms with van der Waals surface area (Å²) in [4.78, 5) is 34.1. The third-order valence-electron chi connectivity index (χ3n) is 3.45. The molecule has 152 valence electrons. The van der Waals surface area contributed by atoms with Crippen LogP contribution in [0.3, 0.4) is 0 Å². The van der Waals surface area contributed by atoms with Crippen molar-refractivity contribution in [2.24, 2.45) is 0 Å². The molecule has 0 aliphatic carbocycles. The largest absolute Gasteiger partial charge is 0.484 e. The third kappa shape index (κ3) is 6.56. The molecule has 0 bridgehead atoms. The lowest BCUT2D eigenvalue weighted by molar-refractivity contribution is -0.384. The number of ether oxygens (including phenoxy) is 1. The quantitative estimate of drug-likeness (QED) is 0.359. The molecule has 12 heteroatoms. The number of hydrogen-bond donors (Lipinski definition) is 3. The zero-order chi connectivity index (χ0) is 21.6. The number of nitrogens with zero attached hydrogens (tertiary/aromatic N) is 1. The fourth-order valence-electron chi connectivity index (χ4n) is 2.02. The third-order valence-corrected chi connectivity index (χ3v) is 4.39. The topological polar surface area (TPSA) is 123 Å². The number of nitro benzene ring substituents is 1. The van der Waals surface area contributed by atoms with E-state index in [9.17, 15) is 19.7 Å². The van der Waals surface area contributed by atoms with Crippen LogP contribution >= 0.6 is 35.4 Å². The van der Waals surface area contributed by atoms with E-state index in [1.807, 2.05) is 0 Å². The van der Waals surface area contributed by atoms with E-state index in [-0.39, 0.29) is 22.3 Å². The zero-order valence-electron chi connectivity index (χ0n) is 14.8. The molecular weight excluding hydrogens is 443 g/mol. The van der Waals surface area contributed by atoms with E-state index in [1.54, 1.807) is 25.1 Å². The van der Waals surface area contributed by atoms with Gasteiger partial charge in [0.2, 0.25) is 0 Å². The first kappa shape index (κ1) is 22.3. The monoisotopic (exact) mass is 456 g/mol. The van der Waals surface area contributed by atoms with Crippen molar-refractivity contribution >= 4 is 58.0 Å². The number of halogens is 2. The fourth-order valence-corrected chi connectivity index (χ4v) is 2.47. The predicted molar refractivity (Wildman–Crippen MR) is 111 cm³/mol. The Kier molecular flexibility index (Phi) is 7.71. The van der Waals surface area contributed by atoms with Gasteiger partial charge in [-0.1, -0.05) is 23.2 Å². The SMILES string of the molecule is Cc1cc(OCC(=O)NNC(=S)NC(=O)c2ccc(Cl)c([N+](=O)[O-])c2)ccc1Cl. The molecule has 0 aliphatic rings. The number of aryl methyl sites for hydroxylation is 1. The zero-order valence-corrected chi connectivity index (χ0v) is 17.2. The summed E-state index contributed by atoms with van der Waals surface area (Å²) in [5.74, 6) is -0.817. The van der Waals surface area contributed by atoms with E-state index in [0.717, 1.165) is 11.6 Å². The van der Waals surface area contributed by atoms with Gasteiger partial charge >= 0.3 is 0 Å². The second kappa shape index (κ2) is 10.0. The molecule has 0 radical (unpaired) electrons. The predicted octanol–water partition coefficient (Wildman–Crippen LogP) is 2.92. The van der Waals surface area contributed by atoms with E-state index in [2.05, 4.69) is 16.2 Å². The molecule has 2 rings (SSSR count). The van der Waals surface area contributed by atoms with Gasteiger partial charge in [0.25, 0.3) is 17.5 Å². The molecule has 2 aromatic carbocycles. The first-order valence-electron chi connectivity index (χ1n) is 7.90. The second-order valence-electron chi connectivity index (χ2n) is 5.58. The van der Waals surface area contributed by atoms with Crippen LogP contribution in [0.15, 0.2) is 36.4 Å². The van der Waals surface area contributed by atoms with E-state index < -0.39 is 22.4 Å². The van der Waals surface area contributed by atoms with Gasteiger partial charge in [0, 0.05) is 16.7 Å². The van der Waals surface area contributed by atoms with Crippen LogP contribution in [0.25, 0.3) is 0 Å².